The Morgan fingerprint density at radius 1 is 0.610 bits per heavy atom. The first-order chi connectivity index (χ1) is 19.6. The average Bonchev–Trinajstić information content (AvgIpc) is 2.94. The first-order valence-electron chi connectivity index (χ1n) is 15.5. The molecule has 0 spiro atoms. The molecule has 2 aromatic rings. The third kappa shape index (κ3) is 10.1. The van der Waals surface area contributed by atoms with Gasteiger partial charge in [0.15, 0.2) is 0 Å². The molecule has 2 aromatic carbocycles. The molecule has 232 valence electrons. The van der Waals surface area contributed by atoms with Gasteiger partial charge in [0.1, 0.15) is 5.60 Å². The molecule has 0 fully saturated rings. The van der Waals surface area contributed by atoms with Gasteiger partial charge < -0.3 is 24.1 Å². The Balaban J connectivity index is 2.98. The van der Waals surface area contributed by atoms with Gasteiger partial charge in [0, 0.05) is 5.41 Å². The summed E-state index contributed by atoms with van der Waals surface area (Å²) in [6.45, 7) is 12.6. The standard InChI is InChI=1S/C33H54O6P2/c1-7-11-15-26-19-21-30(28(23-26)17-13-9-3)33(39-41(36)37,32(5,6)25-38-40(34)35)31-22-20-27(16-12-8-2)24-29(31)18-14-10-4/h19-24,34-37H,7-18,25H2,1-6H3. The van der Waals surface area contributed by atoms with Crippen molar-refractivity contribution in [3.63, 3.8) is 0 Å². The molecule has 0 aliphatic rings. The molecule has 0 atom stereocenters. The monoisotopic (exact) mass is 608 g/mol. The zero-order valence-corrected chi connectivity index (χ0v) is 27.9. The van der Waals surface area contributed by atoms with Gasteiger partial charge in [0.25, 0.3) is 0 Å². The lowest BCUT2D eigenvalue weighted by Gasteiger charge is -2.48. The van der Waals surface area contributed by atoms with Crippen LogP contribution in [0.5, 0.6) is 0 Å². The van der Waals surface area contributed by atoms with E-state index >= 15 is 0 Å². The summed E-state index contributed by atoms with van der Waals surface area (Å²) in [4.78, 5) is 40.7. The summed E-state index contributed by atoms with van der Waals surface area (Å²) in [5, 5.41) is 0. The molecule has 0 amide bonds. The van der Waals surface area contributed by atoms with E-state index in [2.05, 4.69) is 64.1 Å². The van der Waals surface area contributed by atoms with E-state index in [1.807, 2.05) is 13.8 Å². The largest absolute Gasteiger partial charge is 0.328 e. The summed E-state index contributed by atoms with van der Waals surface area (Å²) >= 11 is 0. The van der Waals surface area contributed by atoms with Gasteiger partial charge in [-0.2, -0.15) is 0 Å². The highest BCUT2D eigenvalue weighted by atomic mass is 31.2. The maximum atomic E-state index is 10.6. The third-order valence-electron chi connectivity index (χ3n) is 8.05. The van der Waals surface area contributed by atoms with E-state index in [1.54, 1.807) is 0 Å². The zero-order chi connectivity index (χ0) is 30.5. The van der Waals surface area contributed by atoms with Crippen molar-refractivity contribution in [3.05, 3.63) is 69.8 Å². The number of hydrogen-bond acceptors (Lipinski definition) is 6. The van der Waals surface area contributed by atoms with Gasteiger partial charge in [-0.25, -0.2) is 0 Å². The number of benzene rings is 2. The smallest absolute Gasteiger partial charge is 0.328 e. The predicted octanol–water partition coefficient (Wildman–Crippen LogP) is 8.78. The highest BCUT2D eigenvalue weighted by Gasteiger charge is 2.53. The van der Waals surface area contributed by atoms with Crippen LogP contribution in [0.2, 0.25) is 0 Å². The molecule has 0 aliphatic carbocycles. The van der Waals surface area contributed by atoms with Crippen LogP contribution < -0.4 is 0 Å². The highest BCUT2D eigenvalue weighted by Crippen LogP contribution is 2.56. The molecule has 0 bridgehead atoms. The van der Waals surface area contributed by atoms with Crippen molar-refractivity contribution in [1.29, 1.82) is 0 Å². The molecule has 0 aromatic heterocycles. The number of hydrogen-bond donors (Lipinski definition) is 4. The van der Waals surface area contributed by atoms with Crippen LogP contribution in [0.1, 0.15) is 126 Å². The fraction of sp³-hybridized carbons (Fsp3) is 0.636. The molecule has 4 N–H and O–H groups in total. The van der Waals surface area contributed by atoms with Crippen LogP contribution in [-0.2, 0) is 40.3 Å². The Labute approximate surface area is 251 Å². The minimum atomic E-state index is -2.79. The molecule has 0 saturated heterocycles. The summed E-state index contributed by atoms with van der Waals surface area (Å²) in [5.41, 5.74) is 4.30. The summed E-state index contributed by atoms with van der Waals surface area (Å²) in [5.74, 6) is 0. The van der Waals surface area contributed by atoms with Crippen molar-refractivity contribution in [2.75, 3.05) is 6.61 Å². The van der Waals surface area contributed by atoms with Gasteiger partial charge in [-0.05, 0) is 84.7 Å². The minimum absolute atomic E-state index is 0.0511. The van der Waals surface area contributed by atoms with Gasteiger partial charge in [0.2, 0.25) is 0 Å². The van der Waals surface area contributed by atoms with Gasteiger partial charge in [-0.1, -0.05) is 104 Å². The normalized spacial score (nSPS) is 12.6. The molecule has 2 rings (SSSR count). The summed E-state index contributed by atoms with van der Waals surface area (Å²) in [7, 11) is -5.39. The van der Waals surface area contributed by atoms with Crippen LogP contribution in [0, 0.1) is 5.41 Å². The van der Waals surface area contributed by atoms with Gasteiger partial charge >= 0.3 is 17.2 Å². The highest BCUT2D eigenvalue weighted by molar-refractivity contribution is 7.39. The predicted molar refractivity (Wildman–Crippen MR) is 172 cm³/mol. The van der Waals surface area contributed by atoms with E-state index in [4.69, 9.17) is 9.05 Å². The lowest BCUT2D eigenvalue weighted by molar-refractivity contribution is -0.0477. The van der Waals surface area contributed by atoms with Crippen LogP contribution >= 0.6 is 17.2 Å². The quantitative estimate of drug-likeness (QED) is 0.112. The Kier molecular flexibility index (Phi) is 15.9. The Bertz CT molecular complexity index is 977. The van der Waals surface area contributed by atoms with E-state index in [-0.39, 0.29) is 6.61 Å². The molecular formula is C33H54O6P2. The van der Waals surface area contributed by atoms with E-state index in [0.717, 1.165) is 99.3 Å². The van der Waals surface area contributed by atoms with Crippen molar-refractivity contribution in [1.82, 2.24) is 0 Å². The van der Waals surface area contributed by atoms with Crippen LogP contribution in [0.15, 0.2) is 36.4 Å². The minimum Gasteiger partial charge on any atom is -0.328 e. The first kappa shape index (κ1) is 36.3. The van der Waals surface area contributed by atoms with Crippen molar-refractivity contribution >= 4 is 17.2 Å². The second kappa shape index (κ2) is 18.0. The number of aryl methyl sites for hydroxylation is 4. The number of rotatable bonds is 20. The maximum Gasteiger partial charge on any atom is 0.328 e. The molecule has 8 heteroatoms. The van der Waals surface area contributed by atoms with Gasteiger partial charge in [-0.15, -0.1) is 0 Å². The zero-order valence-electron chi connectivity index (χ0n) is 26.2. The fourth-order valence-corrected chi connectivity index (χ4v) is 6.87. The SMILES string of the molecule is CCCCc1ccc(C(OP(O)O)(c2ccc(CCCC)cc2CCCC)C(C)(C)COP(O)O)c(CCCC)c1. The van der Waals surface area contributed by atoms with E-state index in [9.17, 15) is 19.6 Å². The Hall–Kier alpha value is -0.940. The molecule has 0 radical (unpaired) electrons. The Morgan fingerprint density at radius 2 is 1.02 bits per heavy atom. The molecular weight excluding hydrogens is 554 g/mol. The molecule has 0 unspecified atom stereocenters. The second-order valence-electron chi connectivity index (χ2n) is 11.8. The summed E-state index contributed by atoms with van der Waals surface area (Å²) < 4.78 is 11.9. The lowest BCUT2D eigenvalue weighted by Crippen LogP contribution is -2.48. The Morgan fingerprint density at radius 3 is 1.39 bits per heavy atom. The summed E-state index contributed by atoms with van der Waals surface area (Å²) in [6.07, 6.45) is 12.1. The van der Waals surface area contributed by atoms with Crippen LogP contribution in [0.3, 0.4) is 0 Å². The van der Waals surface area contributed by atoms with Gasteiger partial charge in [-0.3, -0.25) is 4.52 Å². The maximum absolute atomic E-state index is 10.6. The topological polar surface area (TPSA) is 99.4 Å². The van der Waals surface area contributed by atoms with Crippen molar-refractivity contribution in [3.8, 4) is 0 Å². The third-order valence-corrected chi connectivity index (χ3v) is 8.84. The molecule has 0 saturated carbocycles. The molecule has 0 heterocycles. The fourth-order valence-electron chi connectivity index (χ4n) is 5.74. The molecule has 41 heavy (non-hydrogen) atoms. The molecule has 0 aliphatic heterocycles. The van der Waals surface area contributed by atoms with Crippen LogP contribution in [-0.4, -0.2) is 26.2 Å². The van der Waals surface area contributed by atoms with Crippen molar-refractivity contribution < 1.29 is 28.6 Å². The van der Waals surface area contributed by atoms with Crippen LogP contribution in [0.4, 0.5) is 0 Å². The van der Waals surface area contributed by atoms with E-state index in [1.165, 1.54) is 11.1 Å². The van der Waals surface area contributed by atoms with Gasteiger partial charge in [0.05, 0.1) is 6.61 Å². The first-order valence-corrected chi connectivity index (χ1v) is 17.8. The lowest BCUT2D eigenvalue weighted by atomic mass is 9.64. The number of unbranched alkanes of at least 4 members (excludes halogenated alkanes) is 4. The van der Waals surface area contributed by atoms with Crippen molar-refractivity contribution in [2.24, 2.45) is 5.41 Å². The molecule has 6 nitrogen and oxygen atoms in total. The van der Waals surface area contributed by atoms with Crippen molar-refractivity contribution in [2.45, 2.75) is 124 Å². The summed E-state index contributed by atoms with van der Waals surface area (Å²) in [6, 6.07) is 13.0. The van der Waals surface area contributed by atoms with E-state index < -0.39 is 28.2 Å². The van der Waals surface area contributed by atoms with Crippen LogP contribution in [0.25, 0.3) is 0 Å². The van der Waals surface area contributed by atoms with E-state index in [0.29, 0.717) is 0 Å². The average molecular weight is 609 g/mol. The second-order valence-corrected chi connectivity index (χ2v) is 13.3.